The van der Waals surface area contributed by atoms with Gasteiger partial charge in [-0.25, -0.2) is 4.39 Å². The van der Waals surface area contributed by atoms with E-state index in [-0.39, 0.29) is 30.6 Å². The van der Waals surface area contributed by atoms with Crippen molar-refractivity contribution in [3.8, 4) is 12.3 Å². The molecule has 2 aromatic rings. The Morgan fingerprint density at radius 1 is 1.09 bits per heavy atom. The molecule has 2 rings (SSSR count). The molecule has 2 aromatic carbocycles. The number of terminal acetylenes is 1. The molecule has 23 heavy (non-hydrogen) atoms. The van der Waals surface area contributed by atoms with Gasteiger partial charge in [0.25, 0.3) is 5.91 Å². The highest BCUT2D eigenvalue weighted by molar-refractivity contribution is 6.04. The summed E-state index contributed by atoms with van der Waals surface area (Å²) in [6, 6.07) is 12.3. The van der Waals surface area contributed by atoms with Crippen LogP contribution in [0, 0.1) is 18.2 Å². The minimum atomic E-state index is -0.361. The van der Waals surface area contributed by atoms with Crippen molar-refractivity contribution < 1.29 is 14.0 Å². The van der Waals surface area contributed by atoms with E-state index in [2.05, 4.69) is 16.6 Å². The van der Waals surface area contributed by atoms with Crippen LogP contribution in [0.25, 0.3) is 0 Å². The smallest absolute Gasteiger partial charge is 0.254 e. The average Bonchev–Trinajstić information content (AvgIpc) is 2.55. The first kappa shape index (κ1) is 16.2. The largest absolute Gasteiger partial charge is 0.341 e. The molecular formula is C18H15FN2O2. The summed E-state index contributed by atoms with van der Waals surface area (Å²) in [4.78, 5) is 24.1. The summed E-state index contributed by atoms with van der Waals surface area (Å²) in [5, 5.41) is 5.24. The molecule has 0 atom stereocenters. The molecule has 4 nitrogen and oxygen atoms in total. The molecule has 2 amide bonds. The highest BCUT2D eigenvalue weighted by Crippen LogP contribution is 2.15. The number of hydrogen-bond donors (Lipinski definition) is 2. The summed E-state index contributed by atoms with van der Waals surface area (Å²) in [6.45, 7) is 0.108. The average molecular weight is 310 g/mol. The van der Waals surface area contributed by atoms with Gasteiger partial charge >= 0.3 is 0 Å². The molecule has 0 heterocycles. The molecule has 0 spiro atoms. The number of benzene rings is 2. The molecule has 0 fully saturated rings. The van der Waals surface area contributed by atoms with Gasteiger partial charge in [-0.2, -0.15) is 0 Å². The van der Waals surface area contributed by atoms with Crippen molar-refractivity contribution in [1.29, 1.82) is 0 Å². The van der Waals surface area contributed by atoms with Gasteiger partial charge in [0.1, 0.15) is 5.82 Å². The quantitative estimate of drug-likeness (QED) is 0.833. The first-order valence-corrected chi connectivity index (χ1v) is 6.95. The molecule has 0 bridgehead atoms. The first-order valence-electron chi connectivity index (χ1n) is 6.95. The van der Waals surface area contributed by atoms with E-state index in [1.54, 1.807) is 36.4 Å². The number of carbonyl (C=O) groups excluding carboxylic acids is 2. The molecule has 0 aliphatic carbocycles. The van der Waals surface area contributed by atoms with Crippen LogP contribution >= 0.6 is 0 Å². The Bertz CT molecular complexity index is 748. The highest BCUT2D eigenvalue weighted by atomic mass is 19.1. The third-order valence-corrected chi connectivity index (χ3v) is 3.07. The number of anilines is 1. The van der Waals surface area contributed by atoms with Gasteiger partial charge in [-0.15, -0.1) is 6.42 Å². The van der Waals surface area contributed by atoms with E-state index in [1.807, 2.05) is 0 Å². The second kappa shape index (κ2) is 7.76. The van der Waals surface area contributed by atoms with Crippen LogP contribution in [0.4, 0.5) is 10.1 Å². The maximum atomic E-state index is 12.9. The monoisotopic (exact) mass is 310 g/mol. The molecule has 0 aromatic heterocycles. The van der Waals surface area contributed by atoms with Crippen molar-refractivity contribution in [2.75, 3.05) is 11.9 Å². The SMILES string of the molecule is C#CCNC(=O)c1ccccc1NC(=O)Cc1ccc(F)cc1. The predicted molar refractivity (Wildman–Crippen MR) is 86.3 cm³/mol. The zero-order valence-electron chi connectivity index (χ0n) is 12.3. The van der Waals surface area contributed by atoms with Crippen LogP contribution < -0.4 is 10.6 Å². The van der Waals surface area contributed by atoms with E-state index < -0.39 is 0 Å². The van der Waals surface area contributed by atoms with Gasteiger partial charge in [0.05, 0.1) is 24.2 Å². The number of nitrogens with one attached hydrogen (secondary N) is 2. The number of carbonyl (C=O) groups is 2. The molecule has 2 N–H and O–H groups in total. The zero-order valence-corrected chi connectivity index (χ0v) is 12.3. The van der Waals surface area contributed by atoms with Crippen LogP contribution in [0.5, 0.6) is 0 Å². The van der Waals surface area contributed by atoms with Crippen LogP contribution in [0.3, 0.4) is 0 Å². The highest BCUT2D eigenvalue weighted by Gasteiger charge is 2.12. The topological polar surface area (TPSA) is 58.2 Å². The lowest BCUT2D eigenvalue weighted by molar-refractivity contribution is -0.115. The van der Waals surface area contributed by atoms with Gasteiger partial charge in [-0.05, 0) is 29.8 Å². The molecule has 0 aliphatic rings. The van der Waals surface area contributed by atoms with Crippen LogP contribution in [0.1, 0.15) is 15.9 Å². The summed E-state index contributed by atoms with van der Waals surface area (Å²) in [5.74, 6) is 1.30. The van der Waals surface area contributed by atoms with Crippen molar-refractivity contribution >= 4 is 17.5 Å². The lowest BCUT2D eigenvalue weighted by atomic mass is 10.1. The van der Waals surface area contributed by atoms with Gasteiger partial charge in [0.15, 0.2) is 0 Å². The number of para-hydroxylation sites is 1. The van der Waals surface area contributed by atoms with E-state index in [1.165, 1.54) is 12.1 Å². The minimum absolute atomic E-state index is 0.0839. The van der Waals surface area contributed by atoms with E-state index in [4.69, 9.17) is 6.42 Å². The Kier molecular flexibility index (Phi) is 5.48. The Morgan fingerprint density at radius 2 is 1.78 bits per heavy atom. The van der Waals surface area contributed by atoms with Crippen molar-refractivity contribution in [2.24, 2.45) is 0 Å². The van der Waals surface area contributed by atoms with Crippen LogP contribution in [0.15, 0.2) is 48.5 Å². The normalized spacial score (nSPS) is 9.74. The number of hydrogen-bond acceptors (Lipinski definition) is 2. The number of halogens is 1. The molecular weight excluding hydrogens is 295 g/mol. The molecule has 0 saturated carbocycles. The lowest BCUT2D eigenvalue weighted by Crippen LogP contribution is -2.25. The van der Waals surface area contributed by atoms with Gasteiger partial charge in [-0.1, -0.05) is 30.2 Å². The minimum Gasteiger partial charge on any atom is -0.341 e. The van der Waals surface area contributed by atoms with E-state index in [9.17, 15) is 14.0 Å². The molecule has 0 aliphatic heterocycles. The Balaban J connectivity index is 2.07. The molecule has 0 unspecified atom stereocenters. The third kappa shape index (κ3) is 4.68. The van der Waals surface area contributed by atoms with Crippen molar-refractivity contribution in [2.45, 2.75) is 6.42 Å². The van der Waals surface area contributed by atoms with Crippen LogP contribution in [0.2, 0.25) is 0 Å². The maximum absolute atomic E-state index is 12.9. The fourth-order valence-electron chi connectivity index (χ4n) is 2.00. The predicted octanol–water partition coefficient (Wildman–Crippen LogP) is 2.37. The standard InChI is InChI=1S/C18H15FN2O2/c1-2-11-20-18(23)15-5-3-4-6-16(15)21-17(22)12-13-7-9-14(19)10-8-13/h1,3-10H,11-12H2,(H,20,23)(H,21,22). The van der Waals surface area contributed by atoms with Gasteiger partial charge in [0.2, 0.25) is 5.91 Å². The second-order valence-electron chi connectivity index (χ2n) is 4.78. The fourth-order valence-corrected chi connectivity index (χ4v) is 2.00. The van der Waals surface area contributed by atoms with Crippen molar-refractivity contribution in [3.05, 3.63) is 65.5 Å². The first-order chi connectivity index (χ1) is 11.1. The Labute approximate surface area is 133 Å². The van der Waals surface area contributed by atoms with E-state index in [0.717, 1.165) is 0 Å². The van der Waals surface area contributed by atoms with E-state index in [0.29, 0.717) is 16.8 Å². The fraction of sp³-hybridized carbons (Fsp3) is 0.111. The summed E-state index contributed by atoms with van der Waals surface area (Å²) < 4.78 is 12.9. The summed E-state index contributed by atoms with van der Waals surface area (Å²) in [6.07, 6.45) is 5.19. The van der Waals surface area contributed by atoms with Crippen LogP contribution in [-0.2, 0) is 11.2 Å². The Morgan fingerprint density at radius 3 is 2.48 bits per heavy atom. The summed E-state index contributed by atoms with van der Waals surface area (Å²) in [5.41, 5.74) is 1.41. The number of rotatable bonds is 5. The van der Waals surface area contributed by atoms with Gasteiger partial charge in [0, 0.05) is 0 Å². The summed E-state index contributed by atoms with van der Waals surface area (Å²) in [7, 11) is 0. The molecule has 5 heteroatoms. The summed E-state index contributed by atoms with van der Waals surface area (Å²) >= 11 is 0. The van der Waals surface area contributed by atoms with Crippen molar-refractivity contribution in [3.63, 3.8) is 0 Å². The van der Waals surface area contributed by atoms with E-state index >= 15 is 0 Å². The third-order valence-electron chi connectivity index (χ3n) is 3.07. The van der Waals surface area contributed by atoms with Gasteiger partial charge < -0.3 is 10.6 Å². The van der Waals surface area contributed by atoms with Gasteiger partial charge in [-0.3, -0.25) is 9.59 Å². The second-order valence-corrected chi connectivity index (χ2v) is 4.78. The number of amides is 2. The Hall–Kier alpha value is -3.13. The maximum Gasteiger partial charge on any atom is 0.254 e. The molecule has 116 valence electrons. The molecule has 0 radical (unpaired) electrons. The molecule has 0 saturated heterocycles. The van der Waals surface area contributed by atoms with Crippen molar-refractivity contribution in [1.82, 2.24) is 5.32 Å². The van der Waals surface area contributed by atoms with Crippen LogP contribution in [-0.4, -0.2) is 18.4 Å². The zero-order chi connectivity index (χ0) is 16.7. The lowest BCUT2D eigenvalue weighted by Gasteiger charge is -2.10.